The Balaban J connectivity index is 2.51. The number of carbonyl (C=O) groups is 1. The van der Waals surface area contributed by atoms with Crippen LogP contribution < -0.4 is 0 Å². The Morgan fingerprint density at radius 1 is 1.78 bits per heavy atom. The molecule has 0 N–H and O–H groups in total. The topological polar surface area (TPSA) is 17.1 Å². The molecule has 0 aromatic rings. The molecular formula is C8H12O. The fraction of sp³-hybridized carbons (Fsp3) is 0.625. The number of carbonyl (C=O) groups excluding carboxylic acids is 1. The van der Waals surface area contributed by atoms with Crippen molar-refractivity contribution in [3.05, 3.63) is 12.2 Å². The molecule has 1 aliphatic carbocycles. The highest BCUT2D eigenvalue weighted by atomic mass is 16.1. The molecule has 1 aliphatic rings. The summed E-state index contributed by atoms with van der Waals surface area (Å²) in [5.41, 5.74) is 0.196. The molecule has 0 aliphatic heterocycles. The maximum Gasteiger partial charge on any atom is 0.120 e. The van der Waals surface area contributed by atoms with E-state index in [9.17, 15) is 4.79 Å². The highest BCUT2D eigenvalue weighted by Crippen LogP contribution is 2.33. The summed E-state index contributed by atoms with van der Waals surface area (Å²) >= 11 is 0. The van der Waals surface area contributed by atoms with Gasteiger partial charge in [-0.05, 0) is 18.3 Å². The molecule has 0 saturated heterocycles. The van der Waals surface area contributed by atoms with E-state index in [1.54, 1.807) is 0 Å². The lowest BCUT2D eigenvalue weighted by Crippen LogP contribution is -2.09. The average molecular weight is 124 g/mol. The third-order valence-corrected chi connectivity index (χ3v) is 1.95. The van der Waals surface area contributed by atoms with Crippen molar-refractivity contribution in [2.75, 3.05) is 0 Å². The second-order valence-electron chi connectivity index (χ2n) is 2.97. The van der Waals surface area contributed by atoms with E-state index in [1.807, 2.05) is 0 Å². The maximum absolute atomic E-state index is 10.1. The van der Waals surface area contributed by atoms with Gasteiger partial charge in [0, 0.05) is 6.42 Å². The molecule has 0 aromatic heterocycles. The third kappa shape index (κ3) is 1.41. The van der Waals surface area contributed by atoms with Crippen LogP contribution in [0.2, 0.25) is 0 Å². The fourth-order valence-electron chi connectivity index (χ4n) is 1.22. The Kier molecular flexibility index (Phi) is 1.70. The summed E-state index contributed by atoms with van der Waals surface area (Å²) in [4.78, 5) is 10.1. The van der Waals surface area contributed by atoms with E-state index in [1.165, 1.54) is 0 Å². The predicted molar refractivity (Wildman–Crippen MR) is 37.2 cm³/mol. The summed E-state index contributed by atoms with van der Waals surface area (Å²) in [6, 6.07) is 0. The molecule has 0 fully saturated rings. The first kappa shape index (κ1) is 6.53. The van der Waals surface area contributed by atoms with Gasteiger partial charge in [-0.25, -0.2) is 0 Å². The molecule has 0 amide bonds. The van der Waals surface area contributed by atoms with Crippen molar-refractivity contribution in [2.45, 2.75) is 26.2 Å². The van der Waals surface area contributed by atoms with Gasteiger partial charge in [-0.15, -0.1) is 0 Å². The number of hydrogen-bond donors (Lipinski definition) is 0. The summed E-state index contributed by atoms with van der Waals surface area (Å²) in [5, 5.41) is 0. The molecule has 1 heteroatoms. The van der Waals surface area contributed by atoms with Crippen LogP contribution in [-0.2, 0) is 4.79 Å². The molecule has 0 saturated carbocycles. The Morgan fingerprint density at radius 2 is 2.56 bits per heavy atom. The lowest BCUT2D eigenvalue weighted by atomic mass is 9.87. The molecule has 0 aromatic carbocycles. The first-order valence-corrected chi connectivity index (χ1v) is 3.38. The van der Waals surface area contributed by atoms with Gasteiger partial charge in [-0.3, -0.25) is 0 Å². The van der Waals surface area contributed by atoms with Gasteiger partial charge in [-0.2, -0.15) is 0 Å². The first-order chi connectivity index (χ1) is 4.27. The van der Waals surface area contributed by atoms with Crippen LogP contribution in [0.5, 0.6) is 0 Å². The minimum Gasteiger partial charge on any atom is -0.303 e. The normalized spacial score (nSPS) is 33.0. The smallest absolute Gasteiger partial charge is 0.120 e. The predicted octanol–water partition coefficient (Wildman–Crippen LogP) is 1.93. The Hall–Kier alpha value is -0.590. The molecule has 1 rings (SSSR count). The minimum atomic E-state index is 0.196. The summed E-state index contributed by atoms with van der Waals surface area (Å²) in [6.07, 6.45) is 8.29. The Morgan fingerprint density at radius 3 is 3.00 bits per heavy atom. The third-order valence-electron chi connectivity index (χ3n) is 1.95. The zero-order valence-corrected chi connectivity index (χ0v) is 5.76. The Bertz CT molecular complexity index is 138. The Labute approximate surface area is 55.8 Å². The molecular weight excluding hydrogens is 112 g/mol. The van der Waals surface area contributed by atoms with Gasteiger partial charge in [0.05, 0.1) is 0 Å². The van der Waals surface area contributed by atoms with E-state index in [2.05, 4.69) is 19.1 Å². The van der Waals surface area contributed by atoms with Crippen LogP contribution in [0.15, 0.2) is 12.2 Å². The lowest BCUT2D eigenvalue weighted by molar-refractivity contribution is -0.109. The van der Waals surface area contributed by atoms with Crippen LogP contribution in [-0.4, -0.2) is 6.29 Å². The van der Waals surface area contributed by atoms with E-state index >= 15 is 0 Å². The standard InChI is InChI=1S/C8H12O/c1-8(6-7-9)4-2-3-5-8/h2,4,7H,3,5-6H2,1H3. The van der Waals surface area contributed by atoms with Crippen molar-refractivity contribution < 1.29 is 4.79 Å². The van der Waals surface area contributed by atoms with E-state index in [0.29, 0.717) is 6.42 Å². The number of rotatable bonds is 2. The number of aldehydes is 1. The van der Waals surface area contributed by atoms with Crippen molar-refractivity contribution in [3.8, 4) is 0 Å². The minimum absolute atomic E-state index is 0.196. The van der Waals surface area contributed by atoms with E-state index < -0.39 is 0 Å². The molecule has 0 bridgehead atoms. The van der Waals surface area contributed by atoms with Crippen LogP contribution in [0.1, 0.15) is 26.2 Å². The van der Waals surface area contributed by atoms with Crippen LogP contribution in [0.4, 0.5) is 0 Å². The molecule has 1 atom stereocenters. The zero-order chi connectivity index (χ0) is 6.74. The van der Waals surface area contributed by atoms with Gasteiger partial charge in [0.15, 0.2) is 0 Å². The van der Waals surface area contributed by atoms with Crippen molar-refractivity contribution in [1.29, 1.82) is 0 Å². The lowest BCUT2D eigenvalue weighted by Gasteiger charge is -2.16. The molecule has 1 nitrogen and oxygen atoms in total. The molecule has 9 heavy (non-hydrogen) atoms. The molecule has 0 radical (unpaired) electrons. The average Bonchev–Trinajstić information content (AvgIpc) is 2.16. The number of allylic oxidation sites excluding steroid dienone is 2. The monoisotopic (exact) mass is 124 g/mol. The second-order valence-corrected chi connectivity index (χ2v) is 2.97. The quantitative estimate of drug-likeness (QED) is 0.406. The van der Waals surface area contributed by atoms with Crippen LogP contribution in [0.25, 0.3) is 0 Å². The SMILES string of the molecule is CC1(CC=O)C=CCC1. The molecule has 0 spiro atoms. The van der Waals surface area contributed by atoms with Crippen LogP contribution in [0, 0.1) is 5.41 Å². The number of hydrogen-bond acceptors (Lipinski definition) is 1. The first-order valence-electron chi connectivity index (χ1n) is 3.38. The van der Waals surface area contributed by atoms with Gasteiger partial charge in [0.2, 0.25) is 0 Å². The highest BCUT2D eigenvalue weighted by Gasteiger charge is 2.22. The zero-order valence-electron chi connectivity index (χ0n) is 5.76. The van der Waals surface area contributed by atoms with E-state index in [0.717, 1.165) is 19.1 Å². The van der Waals surface area contributed by atoms with Crippen molar-refractivity contribution in [2.24, 2.45) is 5.41 Å². The molecule has 0 heterocycles. The van der Waals surface area contributed by atoms with Gasteiger partial charge >= 0.3 is 0 Å². The van der Waals surface area contributed by atoms with Crippen molar-refractivity contribution >= 4 is 6.29 Å². The highest BCUT2D eigenvalue weighted by molar-refractivity contribution is 5.51. The van der Waals surface area contributed by atoms with E-state index in [4.69, 9.17) is 0 Å². The van der Waals surface area contributed by atoms with Gasteiger partial charge in [-0.1, -0.05) is 19.1 Å². The summed E-state index contributed by atoms with van der Waals surface area (Å²) < 4.78 is 0. The van der Waals surface area contributed by atoms with Gasteiger partial charge in [0.1, 0.15) is 6.29 Å². The van der Waals surface area contributed by atoms with Crippen molar-refractivity contribution in [3.63, 3.8) is 0 Å². The maximum atomic E-state index is 10.1. The summed E-state index contributed by atoms with van der Waals surface area (Å²) in [5.74, 6) is 0. The summed E-state index contributed by atoms with van der Waals surface area (Å²) in [7, 11) is 0. The van der Waals surface area contributed by atoms with Crippen LogP contribution >= 0.6 is 0 Å². The van der Waals surface area contributed by atoms with Crippen LogP contribution in [0.3, 0.4) is 0 Å². The molecule has 1 unspecified atom stereocenters. The fourth-order valence-corrected chi connectivity index (χ4v) is 1.22. The second kappa shape index (κ2) is 2.34. The van der Waals surface area contributed by atoms with Gasteiger partial charge in [0.25, 0.3) is 0 Å². The summed E-state index contributed by atoms with van der Waals surface area (Å²) in [6.45, 7) is 2.13. The van der Waals surface area contributed by atoms with Crippen molar-refractivity contribution in [1.82, 2.24) is 0 Å². The molecule has 50 valence electrons. The van der Waals surface area contributed by atoms with Gasteiger partial charge < -0.3 is 4.79 Å². The largest absolute Gasteiger partial charge is 0.303 e. The van der Waals surface area contributed by atoms with E-state index in [-0.39, 0.29) is 5.41 Å².